The lowest BCUT2D eigenvalue weighted by molar-refractivity contribution is 0.0792. The summed E-state index contributed by atoms with van der Waals surface area (Å²) < 4.78 is 1.85. The molecule has 0 atom stereocenters. The van der Waals surface area contributed by atoms with Crippen LogP contribution >= 0.6 is 47.2 Å². The van der Waals surface area contributed by atoms with Gasteiger partial charge in [0.15, 0.2) is 5.96 Å². The van der Waals surface area contributed by atoms with E-state index in [2.05, 4.69) is 44.8 Å². The average Bonchev–Trinajstić information content (AvgIpc) is 2.97. The van der Waals surface area contributed by atoms with E-state index < -0.39 is 0 Å². The number of aliphatic imine (C=N–C) groups is 1. The molecule has 9 heteroatoms. The Morgan fingerprint density at radius 1 is 1.10 bits per heavy atom. The van der Waals surface area contributed by atoms with E-state index in [1.807, 2.05) is 17.7 Å². The number of likely N-dealkylation sites (tertiary alicyclic amines) is 1. The molecule has 1 aliphatic rings. The van der Waals surface area contributed by atoms with Crippen LogP contribution in [0.5, 0.6) is 0 Å². The third kappa shape index (κ3) is 7.02. The highest BCUT2D eigenvalue weighted by atomic mass is 127. The van der Waals surface area contributed by atoms with Gasteiger partial charge >= 0.3 is 0 Å². The highest BCUT2D eigenvalue weighted by Crippen LogP contribution is 2.24. The number of aliphatic hydroxyl groups is 1. The Bertz CT molecular complexity index is 833. The molecule has 0 spiro atoms. The number of benzene rings is 1. The molecule has 0 saturated carbocycles. The van der Waals surface area contributed by atoms with Crippen molar-refractivity contribution in [1.29, 1.82) is 0 Å². The van der Waals surface area contributed by atoms with E-state index in [9.17, 15) is 5.11 Å². The van der Waals surface area contributed by atoms with Gasteiger partial charge in [-0.25, -0.2) is 0 Å². The van der Waals surface area contributed by atoms with E-state index in [0.717, 1.165) is 44.1 Å². The van der Waals surface area contributed by atoms with Crippen LogP contribution in [0.1, 0.15) is 29.7 Å². The van der Waals surface area contributed by atoms with Crippen molar-refractivity contribution in [3.8, 4) is 0 Å². The fraction of sp³-hybridized carbons (Fsp3) is 0.476. The molecule has 0 amide bonds. The van der Waals surface area contributed by atoms with E-state index in [4.69, 9.17) is 23.2 Å². The van der Waals surface area contributed by atoms with Gasteiger partial charge in [0, 0.05) is 46.0 Å². The summed E-state index contributed by atoms with van der Waals surface area (Å²) in [4.78, 5) is 6.67. The van der Waals surface area contributed by atoms with Crippen LogP contribution in [0.2, 0.25) is 10.2 Å². The zero-order chi connectivity index (χ0) is 20.8. The molecular weight excluding hydrogens is 536 g/mol. The Hall–Kier alpha value is -1.000. The molecule has 166 valence electrons. The van der Waals surface area contributed by atoms with Gasteiger partial charge in [0.25, 0.3) is 0 Å². The van der Waals surface area contributed by atoms with Gasteiger partial charge in [-0.15, -0.1) is 24.0 Å². The summed E-state index contributed by atoms with van der Waals surface area (Å²) in [6, 6.07) is 10.5. The van der Waals surface area contributed by atoms with Crippen LogP contribution in [0.4, 0.5) is 0 Å². The van der Waals surface area contributed by atoms with E-state index in [1.54, 1.807) is 7.05 Å². The van der Waals surface area contributed by atoms with Gasteiger partial charge < -0.3 is 20.3 Å². The first-order chi connectivity index (χ1) is 14.0. The minimum absolute atomic E-state index is 0. The average molecular weight is 566 g/mol. The lowest BCUT2D eigenvalue weighted by atomic mass is 10.1. The lowest BCUT2D eigenvalue weighted by Gasteiger charge is -2.29. The predicted molar refractivity (Wildman–Crippen MR) is 135 cm³/mol. The van der Waals surface area contributed by atoms with Crippen LogP contribution in [0.15, 0.2) is 35.3 Å². The smallest absolute Gasteiger partial charge is 0.191 e. The molecule has 1 aromatic carbocycles. The monoisotopic (exact) mass is 565 g/mol. The van der Waals surface area contributed by atoms with E-state index in [-0.39, 0.29) is 30.1 Å². The number of hydrogen-bond acceptors (Lipinski definition) is 3. The fourth-order valence-electron chi connectivity index (χ4n) is 3.44. The molecule has 2 heterocycles. The van der Waals surface area contributed by atoms with E-state index in [0.29, 0.717) is 23.3 Å². The Balaban J connectivity index is 0.00000320. The van der Waals surface area contributed by atoms with Gasteiger partial charge in [-0.1, -0.05) is 47.5 Å². The summed E-state index contributed by atoms with van der Waals surface area (Å²) in [5, 5.41) is 17.3. The number of piperidine rings is 1. The maximum atomic E-state index is 9.62. The number of nitrogens with zero attached hydrogens (tertiary/aromatic N) is 3. The van der Waals surface area contributed by atoms with Gasteiger partial charge in [-0.2, -0.15) is 0 Å². The van der Waals surface area contributed by atoms with E-state index >= 15 is 0 Å². The second kappa shape index (κ2) is 12.1. The summed E-state index contributed by atoms with van der Waals surface area (Å²) in [7, 11) is 3.63. The van der Waals surface area contributed by atoms with Crippen molar-refractivity contribution in [2.24, 2.45) is 12.0 Å². The third-order valence-electron chi connectivity index (χ3n) is 5.32. The topological polar surface area (TPSA) is 64.8 Å². The molecular formula is C21H30Cl2IN5O. The van der Waals surface area contributed by atoms with Crippen LogP contribution < -0.4 is 10.6 Å². The first-order valence-electron chi connectivity index (χ1n) is 9.88. The van der Waals surface area contributed by atoms with Gasteiger partial charge in [-0.05, 0) is 30.0 Å². The molecule has 0 aliphatic carbocycles. The number of aliphatic hydroxyl groups excluding tert-OH is 1. The standard InChI is InChI=1S/C21H29Cl2N5O.HI/c1-24-21(26-13-17-11-19(22)20(23)27(17)2)25-12-15-3-5-16(6-4-15)14-28-9-7-18(29)8-10-28;/h3-6,11,18,29H,7-10,12-14H2,1-2H3,(H2,24,25,26);1H. The maximum absolute atomic E-state index is 9.62. The summed E-state index contributed by atoms with van der Waals surface area (Å²) in [6.45, 7) is 4.12. The molecule has 3 rings (SSSR count). The van der Waals surface area contributed by atoms with Crippen molar-refractivity contribution in [1.82, 2.24) is 20.1 Å². The number of hydrogen-bond donors (Lipinski definition) is 3. The second-order valence-corrected chi connectivity index (χ2v) is 8.20. The van der Waals surface area contributed by atoms with Crippen molar-refractivity contribution in [2.45, 2.75) is 38.6 Å². The van der Waals surface area contributed by atoms with Crippen molar-refractivity contribution in [3.63, 3.8) is 0 Å². The molecule has 30 heavy (non-hydrogen) atoms. The highest BCUT2D eigenvalue weighted by molar-refractivity contribution is 14.0. The molecule has 2 aromatic rings. The first kappa shape index (κ1) is 25.3. The van der Waals surface area contributed by atoms with Crippen LogP contribution in [-0.4, -0.2) is 46.8 Å². The first-order valence-corrected chi connectivity index (χ1v) is 10.6. The van der Waals surface area contributed by atoms with Crippen molar-refractivity contribution < 1.29 is 5.11 Å². The quantitative estimate of drug-likeness (QED) is 0.283. The van der Waals surface area contributed by atoms with Crippen molar-refractivity contribution in [3.05, 3.63) is 57.3 Å². The minimum Gasteiger partial charge on any atom is -0.393 e. The van der Waals surface area contributed by atoms with Crippen molar-refractivity contribution in [2.75, 3.05) is 20.1 Å². The van der Waals surface area contributed by atoms with Crippen LogP contribution in [0.3, 0.4) is 0 Å². The van der Waals surface area contributed by atoms with Crippen molar-refractivity contribution >= 4 is 53.1 Å². The molecule has 3 N–H and O–H groups in total. The molecule has 0 radical (unpaired) electrons. The highest BCUT2D eigenvalue weighted by Gasteiger charge is 2.16. The molecule has 0 unspecified atom stereocenters. The lowest BCUT2D eigenvalue weighted by Crippen LogP contribution is -2.36. The second-order valence-electron chi connectivity index (χ2n) is 7.44. The number of rotatable bonds is 6. The zero-order valence-corrected chi connectivity index (χ0v) is 21.2. The summed E-state index contributed by atoms with van der Waals surface area (Å²) in [6.07, 6.45) is 1.61. The summed E-state index contributed by atoms with van der Waals surface area (Å²) in [5.74, 6) is 0.717. The van der Waals surface area contributed by atoms with E-state index in [1.165, 1.54) is 11.1 Å². The maximum Gasteiger partial charge on any atom is 0.191 e. The van der Waals surface area contributed by atoms with Gasteiger partial charge in [0.1, 0.15) is 5.15 Å². The zero-order valence-electron chi connectivity index (χ0n) is 17.4. The molecule has 1 saturated heterocycles. The number of nitrogens with one attached hydrogen (secondary N) is 2. The predicted octanol–water partition coefficient (Wildman–Crippen LogP) is 3.77. The number of guanidine groups is 1. The van der Waals surface area contributed by atoms with Crippen LogP contribution in [0, 0.1) is 0 Å². The fourth-order valence-corrected chi connectivity index (χ4v) is 3.85. The van der Waals surface area contributed by atoms with Gasteiger partial charge in [0.05, 0.1) is 17.7 Å². The van der Waals surface area contributed by atoms with Gasteiger partial charge in [-0.3, -0.25) is 9.89 Å². The Morgan fingerprint density at radius 2 is 1.70 bits per heavy atom. The van der Waals surface area contributed by atoms with Gasteiger partial charge in [0.2, 0.25) is 0 Å². The molecule has 6 nitrogen and oxygen atoms in total. The van der Waals surface area contributed by atoms with Crippen LogP contribution in [-0.2, 0) is 26.7 Å². The SMILES string of the molecule is CN=C(NCc1ccc(CN2CCC(O)CC2)cc1)NCc1cc(Cl)c(Cl)n1C.I. The molecule has 0 bridgehead atoms. The Kier molecular flexibility index (Phi) is 10.2. The number of aromatic nitrogens is 1. The third-order valence-corrected chi connectivity index (χ3v) is 6.16. The normalized spacial score (nSPS) is 15.7. The molecule has 1 aliphatic heterocycles. The largest absolute Gasteiger partial charge is 0.393 e. The molecule has 1 fully saturated rings. The minimum atomic E-state index is -0.127. The van der Waals surface area contributed by atoms with Crippen LogP contribution in [0.25, 0.3) is 0 Å². The Labute approximate surface area is 205 Å². The number of halogens is 3. The summed E-state index contributed by atoms with van der Waals surface area (Å²) >= 11 is 12.2. The molecule has 1 aromatic heterocycles. The summed E-state index contributed by atoms with van der Waals surface area (Å²) in [5.41, 5.74) is 3.47. The Morgan fingerprint density at radius 3 is 2.27 bits per heavy atom.